The van der Waals surface area contributed by atoms with Crippen molar-refractivity contribution in [1.82, 2.24) is 0 Å². The Balaban J connectivity index is 2.02. The number of hydrogen-bond acceptors (Lipinski definition) is 16. The van der Waals surface area contributed by atoms with Crippen molar-refractivity contribution >= 4 is 17.6 Å². The molecule has 17 heteroatoms. The summed E-state index contributed by atoms with van der Waals surface area (Å²) in [5.74, 6) is -2.65. The normalized spacial score (nSPS) is 27.4. The third-order valence-corrected chi connectivity index (χ3v) is 12.1. The van der Waals surface area contributed by atoms with Crippen LogP contribution >= 0.6 is 0 Å². The zero-order valence-electron chi connectivity index (χ0n) is 43.0. The van der Waals surface area contributed by atoms with E-state index in [0.717, 1.165) is 6.42 Å². The molecule has 2 aliphatic heterocycles. The minimum Gasteiger partial charge on any atom is -0.457 e. The van der Waals surface area contributed by atoms with Gasteiger partial charge in [0, 0.05) is 56.8 Å². The van der Waals surface area contributed by atoms with Crippen molar-refractivity contribution in [3.05, 3.63) is 70.3 Å². The first-order valence-electron chi connectivity index (χ1n) is 24.4. The highest BCUT2D eigenvalue weighted by Crippen LogP contribution is 2.40. The van der Waals surface area contributed by atoms with E-state index in [-0.39, 0.29) is 61.2 Å². The first kappa shape index (κ1) is 58.5. The molecule has 2 aliphatic rings. The van der Waals surface area contributed by atoms with Crippen molar-refractivity contribution < 1.29 is 71.7 Å². The van der Waals surface area contributed by atoms with Gasteiger partial charge in [0.1, 0.15) is 12.0 Å². The van der Waals surface area contributed by atoms with E-state index in [9.17, 15) is 19.7 Å². The van der Waals surface area contributed by atoms with Crippen molar-refractivity contribution in [3.8, 4) is 5.75 Å². The number of ether oxygens (including phenoxy) is 10. The molecule has 0 radical (unpaired) electrons. The standard InChI is InChI=1S/C51H81NO16/c1-15-44(62-37(10)58-17-3)35(8)48-45(63-48)32-50(13,65-38(11)59-18-4)29-20-21-33(6)47-34(7)22-27-43(49(54)68-67-41-25-23-40(24-26-41)52(55)56)51(14,66-39(12)60-19-5)30-28-42(31-46(53)64-47)61-36(9)57-16-2/h20-27,29,34-39,42-45,47-48H,15-19,28,30-32H2,1-14H3. The van der Waals surface area contributed by atoms with E-state index in [1.165, 1.54) is 24.3 Å². The number of nitro groups is 1. The van der Waals surface area contributed by atoms with Gasteiger partial charge in [-0.2, -0.15) is 0 Å². The number of cyclic esters (lactones) is 1. The van der Waals surface area contributed by atoms with Crippen molar-refractivity contribution in [2.75, 3.05) is 26.4 Å². The number of benzene rings is 1. The molecule has 14 atom stereocenters. The zero-order valence-corrected chi connectivity index (χ0v) is 43.0. The molecule has 17 nitrogen and oxygen atoms in total. The van der Waals surface area contributed by atoms with Gasteiger partial charge < -0.3 is 47.4 Å². The third kappa shape index (κ3) is 19.2. The van der Waals surface area contributed by atoms with E-state index >= 15 is 0 Å². The van der Waals surface area contributed by atoms with Crippen LogP contribution in [0.3, 0.4) is 0 Å². The number of allylic oxidation sites excluding steroid dienone is 2. The minimum absolute atomic E-state index is 0.0259. The Hall–Kier alpha value is -3.78. The van der Waals surface area contributed by atoms with Gasteiger partial charge in [-0.15, -0.1) is 0 Å². The summed E-state index contributed by atoms with van der Waals surface area (Å²) in [6, 6.07) is 5.14. The Bertz CT molecular complexity index is 1770. The smallest absolute Gasteiger partial charge is 0.365 e. The second-order valence-electron chi connectivity index (χ2n) is 17.9. The third-order valence-electron chi connectivity index (χ3n) is 12.1. The van der Waals surface area contributed by atoms with E-state index in [0.29, 0.717) is 38.4 Å². The van der Waals surface area contributed by atoms with Gasteiger partial charge in [0.05, 0.1) is 47.0 Å². The largest absolute Gasteiger partial charge is 0.457 e. The maximum atomic E-state index is 14.2. The highest BCUT2D eigenvalue weighted by atomic mass is 17.2. The number of epoxide rings is 1. The van der Waals surface area contributed by atoms with E-state index in [1.807, 2.05) is 80.5 Å². The first-order chi connectivity index (χ1) is 32.2. The molecule has 0 saturated carbocycles. The molecule has 1 saturated heterocycles. The van der Waals surface area contributed by atoms with Gasteiger partial charge in [0.15, 0.2) is 30.9 Å². The maximum absolute atomic E-state index is 14.2. The van der Waals surface area contributed by atoms with Crippen LogP contribution in [0.5, 0.6) is 5.75 Å². The van der Waals surface area contributed by atoms with Crippen LogP contribution in [0.2, 0.25) is 0 Å². The van der Waals surface area contributed by atoms with E-state index in [4.69, 9.17) is 57.1 Å². The number of carbonyl (C=O) groups is 2. The molecule has 1 aromatic carbocycles. The fraction of sp³-hybridized carbons (Fsp3) is 0.725. The number of hydrogen-bond donors (Lipinski definition) is 0. The van der Waals surface area contributed by atoms with Gasteiger partial charge in [-0.1, -0.05) is 51.2 Å². The number of nitrogens with zero attached hydrogens (tertiary/aromatic N) is 1. The van der Waals surface area contributed by atoms with Crippen LogP contribution in [-0.4, -0.2) is 110 Å². The Morgan fingerprint density at radius 1 is 0.926 bits per heavy atom. The fourth-order valence-corrected chi connectivity index (χ4v) is 8.63. The molecule has 68 heavy (non-hydrogen) atoms. The van der Waals surface area contributed by atoms with Gasteiger partial charge in [0.25, 0.3) is 5.69 Å². The molecule has 14 unspecified atom stereocenters. The Labute approximate surface area is 404 Å². The van der Waals surface area contributed by atoms with Crippen LogP contribution in [0.15, 0.2) is 60.2 Å². The second-order valence-corrected chi connectivity index (χ2v) is 17.9. The molecule has 0 aliphatic carbocycles. The average molecular weight is 964 g/mol. The van der Waals surface area contributed by atoms with Crippen LogP contribution in [0.25, 0.3) is 0 Å². The quantitative estimate of drug-likeness (QED) is 0.0113. The summed E-state index contributed by atoms with van der Waals surface area (Å²) in [7, 11) is 0. The second kappa shape index (κ2) is 28.8. The van der Waals surface area contributed by atoms with Gasteiger partial charge >= 0.3 is 11.9 Å². The summed E-state index contributed by atoms with van der Waals surface area (Å²) in [4.78, 5) is 49.7. The van der Waals surface area contributed by atoms with Crippen LogP contribution in [0.1, 0.15) is 129 Å². The molecule has 0 amide bonds. The van der Waals surface area contributed by atoms with Crippen molar-refractivity contribution in [2.24, 2.45) is 17.8 Å². The maximum Gasteiger partial charge on any atom is 0.365 e. The predicted octanol–water partition coefficient (Wildman–Crippen LogP) is 9.89. The topological polar surface area (TPSA) is 191 Å². The number of carbonyl (C=O) groups excluding carboxylic acids is 2. The fourth-order valence-electron chi connectivity index (χ4n) is 8.63. The minimum atomic E-state index is -1.29. The van der Waals surface area contributed by atoms with Gasteiger partial charge in [-0.3, -0.25) is 19.8 Å². The van der Waals surface area contributed by atoms with Crippen LogP contribution < -0.4 is 4.89 Å². The zero-order chi connectivity index (χ0) is 50.6. The molecule has 0 N–H and O–H groups in total. The van der Waals surface area contributed by atoms with E-state index in [1.54, 1.807) is 32.9 Å². The highest BCUT2D eigenvalue weighted by molar-refractivity contribution is 5.75. The van der Waals surface area contributed by atoms with Crippen LogP contribution in [-0.2, 0) is 61.8 Å². The summed E-state index contributed by atoms with van der Waals surface area (Å²) < 4.78 is 61.1. The molecule has 3 rings (SSSR count). The predicted molar refractivity (Wildman–Crippen MR) is 254 cm³/mol. The lowest BCUT2D eigenvalue weighted by atomic mass is 9.82. The van der Waals surface area contributed by atoms with Crippen molar-refractivity contribution in [2.45, 2.75) is 196 Å². The van der Waals surface area contributed by atoms with Gasteiger partial charge in [-0.05, 0) is 113 Å². The molecule has 0 spiro atoms. The lowest BCUT2D eigenvalue weighted by Crippen LogP contribution is -2.46. The van der Waals surface area contributed by atoms with E-state index in [2.05, 4.69) is 13.8 Å². The molecule has 2 heterocycles. The summed E-state index contributed by atoms with van der Waals surface area (Å²) in [5, 5.41) is 11.2. The SMILES string of the molecule is CCOC(C)OC1CCC(C)(OC(C)OCC)C(C(=O)OOc2ccc([N+](=O)[O-])cc2)C=CC(C)C(C(C)=CC=CC(C)(CC2OC2C(C)C(CC)OC(C)OCC)OC(C)OCC)OC(=O)C1. The molecular formula is C51H81NO16. The number of esters is 1. The molecule has 1 fully saturated rings. The molecule has 1 aromatic rings. The molecule has 386 valence electrons. The summed E-state index contributed by atoms with van der Waals surface area (Å²) in [6.07, 6.45) is 7.08. The number of nitro benzene ring substituents is 1. The van der Waals surface area contributed by atoms with Gasteiger partial charge in [0.2, 0.25) is 0 Å². The Kier molecular flexibility index (Phi) is 24.8. The summed E-state index contributed by atoms with van der Waals surface area (Å²) in [5.41, 5.74) is -1.54. The van der Waals surface area contributed by atoms with Gasteiger partial charge in [-0.25, -0.2) is 9.68 Å². The van der Waals surface area contributed by atoms with Crippen molar-refractivity contribution in [1.29, 1.82) is 0 Å². The molecule has 0 bridgehead atoms. The first-order valence-corrected chi connectivity index (χ1v) is 24.4. The summed E-state index contributed by atoms with van der Waals surface area (Å²) in [6.45, 7) is 28.4. The van der Waals surface area contributed by atoms with E-state index < -0.39 is 71.0 Å². The monoisotopic (exact) mass is 964 g/mol. The average Bonchev–Trinajstić information content (AvgIpc) is 4.03. The Morgan fingerprint density at radius 2 is 1.54 bits per heavy atom. The lowest BCUT2D eigenvalue weighted by molar-refractivity contribution is -0.384. The Morgan fingerprint density at radius 3 is 2.16 bits per heavy atom. The summed E-state index contributed by atoms with van der Waals surface area (Å²) >= 11 is 0. The number of non-ortho nitro benzene ring substituents is 1. The lowest BCUT2D eigenvalue weighted by Gasteiger charge is -2.38. The number of rotatable bonds is 28. The van der Waals surface area contributed by atoms with Crippen LogP contribution in [0, 0.1) is 27.9 Å². The van der Waals surface area contributed by atoms with Crippen molar-refractivity contribution in [3.63, 3.8) is 0 Å². The van der Waals surface area contributed by atoms with Crippen LogP contribution in [0.4, 0.5) is 5.69 Å². The molecular weight excluding hydrogens is 883 g/mol. The highest BCUT2D eigenvalue weighted by Gasteiger charge is 2.49. The molecule has 0 aromatic heterocycles.